The summed E-state index contributed by atoms with van der Waals surface area (Å²) in [7, 11) is 0. The fourth-order valence-electron chi connectivity index (χ4n) is 3.51. The van der Waals surface area contributed by atoms with Crippen LogP contribution in [0.25, 0.3) is 0 Å². The number of likely N-dealkylation sites (tertiary alicyclic amines) is 1. The highest BCUT2D eigenvalue weighted by Gasteiger charge is 2.30. The van der Waals surface area contributed by atoms with Gasteiger partial charge in [0.1, 0.15) is 0 Å². The lowest BCUT2D eigenvalue weighted by Crippen LogP contribution is -2.45. The SMILES string of the molecule is O=C(NCCC(=O)N1CCOCC1)C1CCCN1Cc1ccccc1. The average molecular weight is 345 g/mol. The first-order chi connectivity index (χ1) is 12.2. The van der Waals surface area contributed by atoms with Crippen LogP contribution >= 0.6 is 0 Å². The molecule has 1 aromatic rings. The maximum absolute atomic E-state index is 12.5. The lowest BCUT2D eigenvalue weighted by atomic mass is 10.1. The smallest absolute Gasteiger partial charge is 0.237 e. The highest BCUT2D eigenvalue weighted by atomic mass is 16.5. The van der Waals surface area contributed by atoms with Crippen LogP contribution < -0.4 is 5.32 Å². The van der Waals surface area contributed by atoms with E-state index < -0.39 is 0 Å². The monoisotopic (exact) mass is 345 g/mol. The molecule has 0 aromatic heterocycles. The normalized spacial score (nSPS) is 21.3. The number of nitrogens with zero attached hydrogens (tertiary/aromatic N) is 2. The minimum atomic E-state index is -0.0845. The Balaban J connectivity index is 1.43. The van der Waals surface area contributed by atoms with Gasteiger partial charge in [-0.15, -0.1) is 0 Å². The third-order valence-electron chi connectivity index (χ3n) is 4.90. The molecule has 2 aliphatic heterocycles. The Morgan fingerprint density at radius 1 is 1.12 bits per heavy atom. The van der Waals surface area contributed by atoms with Crippen LogP contribution in [0.5, 0.6) is 0 Å². The van der Waals surface area contributed by atoms with Gasteiger partial charge in [-0.05, 0) is 24.9 Å². The number of nitrogens with one attached hydrogen (secondary N) is 1. The van der Waals surface area contributed by atoms with Crippen LogP contribution in [0.15, 0.2) is 30.3 Å². The van der Waals surface area contributed by atoms with Crippen molar-refractivity contribution in [2.24, 2.45) is 0 Å². The molecule has 0 aliphatic carbocycles. The van der Waals surface area contributed by atoms with E-state index in [1.807, 2.05) is 23.1 Å². The third-order valence-corrected chi connectivity index (χ3v) is 4.90. The van der Waals surface area contributed by atoms with Crippen LogP contribution in [-0.4, -0.2) is 67.0 Å². The number of hydrogen-bond donors (Lipinski definition) is 1. The molecule has 136 valence electrons. The predicted molar refractivity (Wildman–Crippen MR) is 94.9 cm³/mol. The topological polar surface area (TPSA) is 61.9 Å². The number of amides is 2. The molecule has 2 saturated heterocycles. The fourth-order valence-corrected chi connectivity index (χ4v) is 3.51. The summed E-state index contributed by atoms with van der Waals surface area (Å²) in [6.07, 6.45) is 2.28. The molecule has 1 unspecified atom stereocenters. The zero-order valence-corrected chi connectivity index (χ0v) is 14.7. The maximum Gasteiger partial charge on any atom is 0.237 e. The quantitative estimate of drug-likeness (QED) is 0.836. The van der Waals surface area contributed by atoms with Crippen LogP contribution in [-0.2, 0) is 20.9 Å². The number of carbonyl (C=O) groups excluding carboxylic acids is 2. The van der Waals surface area contributed by atoms with E-state index >= 15 is 0 Å². The Bertz CT molecular complexity index is 573. The number of ether oxygens (including phenoxy) is 1. The maximum atomic E-state index is 12.5. The van der Waals surface area contributed by atoms with Gasteiger partial charge in [-0.3, -0.25) is 14.5 Å². The lowest BCUT2D eigenvalue weighted by Gasteiger charge is -2.27. The van der Waals surface area contributed by atoms with E-state index in [-0.39, 0.29) is 17.9 Å². The molecule has 2 aliphatic rings. The van der Waals surface area contributed by atoms with Gasteiger partial charge in [0, 0.05) is 32.6 Å². The zero-order valence-electron chi connectivity index (χ0n) is 14.7. The largest absolute Gasteiger partial charge is 0.378 e. The molecule has 1 N–H and O–H groups in total. The van der Waals surface area contributed by atoms with E-state index in [1.165, 1.54) is 5.56 Å². The lowest BCUT2D eigenvalue weighted by molar-refractivity contribution is -0.135. The van der Waals surface area contributed by atoms with Gasteiger partial charge >= 0.3 is 0 Å². The molecule has 1 atom stereocenters. The van der Waals surface area contributed by atoms with Crippen molar-refractivity contribution in [1.82, 2.24) is 15.1 Å². The second kappa shape index (κ2) is 8.97. The molecular formula is C19H27N3O3. The predicted octanol–water partition coefficient (Wildman–Crippen LogP) is 1.02. The van der Waals surface area contributed by atoms with Crippen molar-refractivity contribution in [2.75, 3.05) is 39.4 Å². The molecule has 0 saturated carbocycles. The van der Waals surface area contributed by atoms with Crippen molar-refractivity contribution in [2.45, 2.75) is 31.8 Å². The van der Waals surface area contributed by atoms with E-state index in [9.17, 15) is 9.59 Å². The Morgan fingerprint density at radius 3 is 2.64 bits per heavy atom. The van der Waals surface area contributed by atoms with Crippen LogP contribution in [0, 0.1) is 0 Å². The van der Waals surface area contributed by atoms with E-state index in [4.69, 9.17) is 4.74 Å². The number of morpholine rings is 1. The van der Waals surface area contributed by atoms with Gasteiger partial charge in [-0.1, -0.05) is 30.3 Å². The van der Waals surface area contributed by atoms with Gasteiger partial charge in [0.15, 0.2) is 0 Å². The minimum Gasteiger partial charge on any atom is -0.378 e. The molecule has 25 heavy (non-hydrogen) atoms. The molecule has 1 aromatic carbocycles. The fraction of sp³-hybridized carbons (Fsp3) is 0.579. The van der Waals surface area contributed by atoms with Crippen LogP contribution in [0.2, 0.25) is 0 Å². The van der Waals surface area contributed by atoms with Gasteiger partial charge < -0.3 is 15.0 Å². The third kappa shape index (κ3) is 5.03. The van der Waals surface area contributed by atoms with Crippen molar-refractivity contribution in [3.05, 3.63) is 35.9 Å². The molecule has 0 bridgehead atoms. The van der Waals surface area contributed by atoms with Crippen molar-refractivity contribution >= 4 is 11.8 Å². The summed E-state index contributed by atoms with van der Waals surface area (Å²) in [4.78, 5) is 28.7. The Labute approximate surface area is 149 Å². The first-order valence-electron chi connectivity index (χ1n) is 9.15. The van der Waals surface area contributed by atoms with E-state index in [1.54, 1.807) is 0 Å². The standard InChI is InChI=1S/C19H27N3O3/c23-18(21-11-13-25-14-12-21)8-9-20-19(24)17-7-4-10-22(17)15-16-5-2-1-3-6-16/h1-3,5-6,17H,4,7-15H2,(H,20,24). The highest BCUT2D eigenvalue weighted by Crippen LogP contribution is 2.20. The minimum absolute atomic E-state index is 0.0446. The van der Waals surface area contributed by atoms with Crippen molar-refractivity contribution in [3.8, 4) is 0 Å². The van der Waals surface area contributed by atoms with E-state index in [0.717, 1.165) is 25.9 Å². The zero-order chi connectivity index (χ0) is 17.5. The number of rotatable bonds is 6. The highest BCUT2D eigenvalue weighted by molar-refractivity contribution is 5.83. The van der Waals surface area contributed by atoms with Crippen LogP contribution in [0.4, 0.5) is 0 Å². The molecule has 6 heteroatoms. The molecule has 2 fully saturated rings. The Morgan fingerprint density at radius 2 is 1.88 bits per heavy atom. The molecular weight excluding hydrogens is 318 g/mol. The summed E-state index contributed by atoms with van der Waals surface area (Å²) in [5.74, 6) is 0.138. The van der Waals surface area contributed by atoms with E-state index in [2.05, 4.69) is 22.3 Å². The Kier molecular flexibility index (Phi) is 6.42. The number of benzene rings is 1. The van der Waals surface area contributed by atoms with E-state index in [0.29, 0.717) is 39.3 Å². The van der Waals surface area contributed by atoms with Gasteiger partial charge in [-0.25, -0.2) is 0 Å². The number of hydrogen-bond acceptors (Lipinski definition) is 4. The molecule has 0 spiro atoms. The summed E-state index contributed by atoms with van der Waals surface area (Å²) in [6, 6.07) is 10.2. The molecule has 6 nitrogen and oxygen atoms in total. The molecule has 2 heterocycles. The molecule has 3 rings (SSSR count). The summed E-state index contributed by atoms with van der Waals surface area (Å²) in [5.41, 5.74) is 1.23. The van der Waals surface area contributed by atoms with Gasteiger partial charge in [0.05, 0.1) is 19.3 Å². The second-order valence-corrected chi connectivity index (χ2v) is 6.65. The number of carbonyl (C=O) groups is 2. The summed E-state index contributed by atoms with van der Waals surface area (Å²) in [6.45, 7) is 4.67. The van der Waals surface area contributed by atoms with Gasteiger partial charge in [-0.2, -0.15) is 0 Å². The van der Waals surface area contributed by atoms with Gasteiger partial charge in [0.25, 0.3) is 0 Å². The van der Waals surface area contributed by atoms with Gasteiger partial charge in [0.2, 0.25) is 11.8 Å². The van der Waals surface area contributed by atoms with Crippen molar-refractivity contribution in [3.63, 3.8) is 0 Å². The van der Waals surface area contributed by atoms with Crippen LogP contribution in [0.1, 0.15) is 24.8 Å². The molecule has 2 amide bonds. The summed E-state index contributed by atoms with van der Waals surface area (Å²) in [5, 5.41) is 2.95. The van der Waals surface area contributed by atoms with Crippen LogP contribution in [0.3, 0.4) is 0 Å². The average Bonchev–Trinajstić information content (AvgIpc) is 3.11. The molecule has 0 radical (unpaired) electrons. The van der Waals surface area contributed by atoms with Crippen molar-refractivity contribution < 1.29 is 14.3 Å². The Hall–Kier alpha value is -1.92. The second-order valence-electron chi connectivity index (χ2n) is 6.65. The summed E-state index contributed by atoms with van der Waals surface area (Å²) >= 11 is 0. The first kappa shape index (κ1) is 17.9. The summed E-state index contributed by atoms with van der Waals surface area (Å²) < 4.78 is 5.25. The first-order valence-corrected chi connectivity index (χ1v) is 9.15. The van der Waals surface area contributed by atoms with Crippen molar-refractivity contribution in [1.29, 1.82) is 0 Å².